The van der Waals surface area contributed by atoms with Crippen LogP contribution in [0.3, 0.4) is 0 Å². The van der Waals surface area contributed by atoms with Crippen LogP contribution in [0.15, 0.2) is 42.7 Å². The molecule has 2 aromatic heterocycles. The average Bonchev–Trinajstić information content (AvgIpc) is 3.81. The van der Waals surface area contributed by atoms with Crippen LogP contribution >= 0.6 is 31.2 Å². The van der Waals surface area contributed by atoms with Crippen molar-refractivity contribution in [2.45, 2.75) is 147 Å². The Balaban J connectivity index is 1.11. The zero-order chi connectivity index (χ0) is 38.4. The third-order valence-electron chi connectivity index (χ3n) is 9.73. The summed E-state index contributed by atoms with van der Waals surface area (Å²) in [7, 11) is -4.42. The third-order valence-corrected chi connectivity index (χ3v) is 12.6. The molecule has 0 saturated carbocycles. The van der Waals surface area contributed by atoms with Crippen LogP contribution < -0.4 is 10.3 Å². The van der Waals surface area contributed by atoms with Gasteiger partial charge in [-0.2, -0.15) is 22.1 Å². The topological polar surface area (TPSA) is 152 Å². The molecule has 298 valence electrons. The van der Waals surface area contributed by atoms with E-state index in [9.17, 15) is 9.83 Å². The smallest absolute Gasteiger partial charge is 0.402 e. The number of aromatic nitrogens is 3. The summed E-state index contributed by atoms with van der Waals surface area (Å²) in [6, 6.07) is 12.2. The molecule has 2 aliphatic rings. The highest BCUT2D eigenvalue weighted by Crippen LogP contribution is 2.57. The van der Waals surface area contributed by atoms with Crippen molar-refractivity contribution in [3.05, 3.63) is 53.4 Å². The lowest BCUT2D eigenvalue weighted by Crippen LogP contribution is -2.40. The van der Waals surface area contributed by atoms with Crippen molar-refractivity contribution < 1.29 is 32.3 Å². The minimum atomic E-state index is -4.42. The number of phosphoric acid groups is 1. The molecule has 1 aromatic carbocycles. The molecule has 12 nitrogen and oxygen atoms in total. The van der Waals surface area contributed by atoms with Crippen molar-refractivity contribution in [1.82, 2.24) is 14.6 Å². The van der Waals surface area contributed by atoms with Crippen molar-refractivity contribution in [3.63, 3.8) is 0 Å². The van der Waals surface area contributed by atoms with Crippen LogP contribution in [-0.4, -0.2) is 57.0 Å². The molecule has 0 amide bonds. The predicted molar refractivity (Wildman–Crippen MR) is 212 cm³/mol. The number of nitrogen functional groups attached to an aromatic ring is 1. The zero-order valence-electron chi connectivity index (χ0n) is 32.0. The number of hydrogen-bond acceptors (Lipinski definition) is 12. The molecule has 0 aliphatic carbocycles. The lowest BCUT2D eigenvalue weighted by Gasteiger charge is -2.29. The summed E-state index contributed by atoms with van der Waals surface area (Å²) in [5, 5.41) is 15.2. The fourth-order valence-corrected chi connectivity index (χ4v) is 9.46. The van der Waals surface area contributed by atoms with Gasteiger partial charge in [0.05, 0.1) is 17.3 Å². The molecule has 3 aromatic rings. The van der Waals surface area contributed by atoms with E-state index >= 15 is 0 Å². The summed E-state index contributed by atoms with van der Waals surface area (Å²) in [5.74, 6) is 1.10. The number of unbranched alkanes of at least 4 members (excludes halogenated alkanes) is 13. The quantitative estimate of drug-likeness (QED) is 0.0640. The number of nitrogens with two attached hydrogens (primary N) is 1. The lowest BCUT2D eigenvalue weighted by molar-refractivity contribution is -0.232. The van der Waals surface area contributed by atoms with Crippen molar-refractivity contribution in [3.8, 4) is 11.8 Å². The molecule has 0 spiro atoms. The van der Waals surface area contributed by atoms with Crippen LogP contribution in [-0.2, 0) is 33.4 Å². The van der Waals surface area contributed by atoms with E-state index in [0.717, 1.165) is 11.5 Å². The van der Waals surface area contributed by atoms with Gasteiger partial charge >= 0.3 is 7.82 Å². The van der Waals surface area contributed by atoms with Gasteiger partial charge in [-0.3, -0.25) is 4.52 Å². The average molecular weight is 806 g/mol. The van der Waals surface area contributed by atoms with Crippen molar-refractivity contribution >= 4 is 42.5 Å². The lowest BCUT2D eigenvalue weighted by atomic mass is 9.93. The number of para-hydroxylation sites is 1. The number of fused-ring (bicyclic) bond motifs is 2. The van der Waals surface area contributed by atoms with Gasteiger partial charge in [0, 0.05) is 0 Å². The van der Waals surface area contributed by atoms with Gasteiger partial charge in [0.15, 0.2) is 11.6 Å². The molecule has 0 radical (unpaired) electrons. The summed E-state index contributed by atoms with van der Waals surface area (Å²) in [6.07, 6.45) is 17.3. The fourth-order valence-electron chi connectivity index (χ4n) is 6.97. The maximum absolute atomic E-state index is 14.4. The summed E-state index contributed by atoms with van der Waals surface area (Å²) < 4.78 is 52.5. The first-order chi connectivity index (χ1) is 26.1. The maximum Gasteiger partial charge on any atom is 0.532 e. The standard InChI is InChI=1S/C39H57ClN5O7PS/c1-4-5-6-7-8-9-10-11-12-13-14-15-16-19-26-54-27-20-25-47-53(46,51-32-22-18-17-21-30(32)40)52-37-34-35(49-38(2,3)48-34)39(28-41,50-37)33-24-23-31-36(42)43-29-44-45(31)33/h17-18,21-24,29,34-35,37H,4-16,19-20,25-27H2,1-3H3,(H2,42,43,44)/t34-,35+,37+,39-,53?/m0/s1. The summed E-state index contributed by atoms with van der Waals surface area (Å²) in [5.41, 5.74) is 5.08. The molecule has 2 aliphatic heterocycles. The molecule has 5 atom stereocenters. The first-order valence-electron chi connectivity index (χ1n) is 19.6. The number of nitrogens with zero attached hydrogens (tertiary/aromatic N) is 4. The Morgan fingerprint density at radius 3 is 2.24 bits per heavy atom. The molecule has 2 fully saturated rings. The van der Waals surface area contributed by atoms with Gasteiger partial charge in [0.1, 0.15) is 35.9 Å². The normalized spacial score (nSPS) is 23.0. The number of hydrogen-bond donors (Lipinski definition) is 1. The molecule has 4 heterocycles. The van der Waals surface area contributed by atoms with E-state index < -0.39 is 37.7 Å². The van der Waals surface area contributed by atoms with E-state index in [1.807, 2.05) is 11.8 Å². The Morgan fingerprint density at radius 2 is 1.57 bits per heavy atom. The molecule has 2 saturated heterocycles. The highest BCUT2D eigenvalue weighted by Gasteiger charge is 2.67. The SMILES string of the molecule is CCCCCCCCCCCCCCCCSCCCOP(=O)(Oc1ccccc1Cl)O[C@H]1O[C@@](C#N)(c2ccc3c(N)ncnn23)[C@@H]2OC(C)(C)O[C@H]12. The molecule has 54 heavy (non-hydrogen) atoms. The second-order valence-corrected chi connectivity index (χ2v) is 17.7. The van der Waals surface area contributed by atoms with Crippen LogP contribution in [0.1, 0.15) is 123 Å². The van der Waals surface area contributed by atoms with E-state index in [4.69, 9.17) is 45.1 Å². The number of halogens is 1. The Labute approximate surface area is 329 Å². The number of phosphoric ester groups is 1. The van der Waals surface area contributed by atoms with Crippen LogP contribution in [0, 0.1) is 11.3 Å². The summed E-state index contributed by atoms with van der Waals surface area (Å²) in [6.45, 7) is 5.80. The van der Waals surface area contributed by atoms with Gasteiger partial charge in [0.25, 0.3) is 0 Å². The summed E-state index contributed by atoms with van der Waals surface area (Å²) >= 11 is 8.24. The Hall–Kier alpha value is -2.40. The molecular weight excluding hydrogens is 749 g/mol. The highest BCUT2D eigenvalue weighted by molar-refractivity contribution is 7.99. The van der Waals surface area contributed by atoms with E-state index in [-0.39, 0.29) is 23.2 Å². The van der Waals surface area contributed by atoms with Crippen molar-refractivity contribution in [2.75, 3.05) is 23.8 Å². The maximum atomic E-state index is 14.4. The molecule has 0 bridgehead atoms. The molecule has 5 rings (SSSR count). The Kier molecular flexibility index (Phi) is 16.4. The van der Waals surface area contributed by atoms with Crippen molar-refractivity contribution in [1.29, 1.82) is 5.26 Å². The van der Waals surface area contributed by atoms with Crippen molar-refractivity contribution in [2.24, 2.45) is 0 Å². The van der Waals surface area contributed by atoms with E-state index in [2.05, 4.69) is 23.1 Å². The van der Waals surface area contributed by atoms with Crippen LogP contribution in [0.25, 0.3) is 5.52 Å². The predicted octanol–water partition coefficient (Wildman–Crippen LogP) is 10.4. The molecule has 2 N–H and O–H groups in total. The molecule has 15 heteroatoms. The van der Waals surface area contributed by atoms with Gasteiger partial charge in [-0.05, 0) is 62.5 Å². The Morgan fingerprint density at radius 1 is 0.926 bits per heavy atom. The number of nitriles is 1. The number of thioether (sulfide) groups is 1. The zero-order valence-corrected chi connectivity index (χ0v) is 34.4. The van der Waals surface area contributed by atoms with E-state index in [1.54, 1.807) is 50.2 Å². The van der Waals surface area contributed by atoms with E-state index in [0.29, 0.717) is 17.6 Å². The molecule has 1 unspecified atom stereocenters. The minimum absolute atomic E-state index is 0.0973. The third kappa shape index (κ3) is 11.3. The van der Waals surface area contributed by atoms with Gasteiger partial charge in [-0.15, -0.1) is 0 Å². The first-order valence-corrected chi connectivity index (χ1v) is 22.6. The second kappa shape index (κ2) is 20.7. The van der Waals surface area contributed by atoms with Gasteiger partial charge < -0.3 is 24.5 Å². The highest BCUT2D eigenvalue weighted by atomic mass is 35.5. The fraction of sp³-hybridized carbons (Fsp3) is 0.667. The van der Waals surface area contributed by atoms with Gasteiger partial charge in [-0.25, -0.2) is 18.6 Å². The first kappa shape index (κ1) is 42.7. The number of rotatable bonds is 25. The number of anilines is 1. The van der Waals surface area contributed by atoms with Crippen LogP contribution in [0.5, 0.6) is 5.75 Å². The number of ether oxygens (including phenoxy) is 3. The van der Waals surface area contributed by atoms with E-state index in [1.165, 1.54) is 101 Å². The Bertz CT molecular complexity index is 1710. The molecular formula is C39H57ClN5O7PS. The monoisotopic (exact) mass is 805 g/mol. The van der Waals surface area contributed by atoms with Gasteiger partial charge in [-0.1, -0.05) is 114 Å². The summed E-state index contributed by atoms with van der Waals surface area (Å²) in [4.78, 5) is 4.04. The van der Waals surface area contributed by atoms with Crippen LogP contribution in [0.2, 0.25) is 5.02 Å². The second-order valence-electron chi connectivity index (χ2n) is 14.5. The minimum Gasteiger partial charge on any atom is -0.402 e. The van der Waals surface area contributed by atoms with Crippen LogP contribution in [0.4, 0.5) is 5.82 Å². The van der Waals surface area contributed by atoms with Gasteiger partial charge in [0.2, 0.25) is 11.9 Å². The largest absolute Gasteiger partial charge is 0.532 e. The number of benzene rings is 1.